The smallest absolute Gasteiger partial charge is 0.257 e. The Balaban J connectivity index is 2.36. The summed E-state index contributed by atoms with van der Waals surface area (Å²) in [7, 11) is -2.46. The minimum atomic E-state index is -3.87. The molecule has 0 fully saturated rings. The van der Waals surface area contributed by atoms with Gasteiger partial charge in [0.25, 0.3) is 5.91 Å². The highest BCUT2D eigenvalue weighted by molar-refractivity contribution is 7.89. The molecule has 2 rings (SSSR count). The van der Waals surface area contributed by atoms with Crippen LogP contribution in [0, 0.1) is 0 Å². The summed E-state index contributed by atoms with van der Waals surface area (Å²) in [5.41, 5.74) is 0.540. The molecule has 0 unspecified atom stereocenters. The van der Waals surface area contributed by atoms with Crippen LogP contribution >= 0.6 is 0 Å². The number of hydrogen-bond donors (Lipinski definition) is 2. The van der Waals surface area contributed by atoms with Gasteiger partial charge in [0.2, 0.25) is 10.0 Å². The van der Waals surface area contributed by atoms with E-state index in [0.717, 1.165) is 0 Å². The number of methoxy groups -OCH3 is 1. The van der Waals surface area contributed by atoms with Crippen molar-refractivity contribution in [2.45, 2.75) is 4.90 Å². The van der Waals surface area contributed by atoms with E-state index in [0.29, 0.717) is 11.3 Å². The normalized spacial score (nSPS) is 11.0. The predicted molar refractivity (Wildman–Crippen MR) is 76.6 cm³/mol. The van der Waals surface area contributed by atoms with E-state index in [4.69, 9.17) is 9.88 Å². The molecule has 1 aromatic heterocycles. The van der Waals surface area contributed by atoms with E-state index < -0.39 is 15.9 Å². The van der Waals surface area contributed by atoms with Crippen LogP contribution in [-0.4, -0.2) is 26.4 Å². The van der Waals surface area contributed by atoms with Crippen molar-refractivity contribution in [1.29, 1.82) is 0 Å². The van der Waals surface area contributed by atoms with Crippen LogP contribution in [0.5, 0.6) is 5.75 Å². The van der Waals surface area contributed by atoms with Crippen molar-refractivity contribution in [3.63, 3.8) is 0 Å². The summed E-state index contributed by atoms with van der Waals surface area (Å²) in [4.78, 5) is 15.8. The largest absolute Gasteiger partial charge is 0.495 e. The highest BCUT2D eigenvalue weighted by atomic mass is 32.2. The fourth-order valence-corrected chi connectivity index (χ4v) is 2.19. The number of pyridine rings is 1. The third-order valence-electron chi connectivity index (χ3n) is 2.67. The third kappa shape index (κ3) is 3.56. The van der Waals surface area contributed by atoms with Gasteiger partial charge in [-0.15, -0.1) is 0 Å². The maximum Gasteiger partial charge on any atom is 0.257 e. The van der Waals surface area contributed by atoms with Gasteiger partial charge in [-0.3, -0.25) is 9.78 Å². The number of hydrogen-bond acceptors (Lipinski definition) is 5. The predicted octanol–water partition coefficient (Wildman–Crippen LogP) is 0.990. The first-order valence-corrected chi connectivity index (χ1v) is 7.38. The highest BCUT2D eigenvalue weighted by Crippen LogP contribution is 2.27. The number of nitrogens with one attached hydrogen (secondary N) is 1. The Morgan fingerprint density at radius 2 is 2.10 bits per heavy atom. The molecule has 8 heteroatoms. The lowest BCUT2D eigenvalue weighted by molar-refractivity contribution is 0.102. The summed E-state index contributed by atoms with van der Waals surface area (Å²) in [5, 5.41) is 7.63. The number of carbonyl (C=O) groups is 1. The number of anilines is 1. The molecule has 0 atom stereocenters. The van der Waals surface area contributed by atoms with Gasteiger partial charge in [0.1, 0.15) is 5.75 Å². The van der Waals surface area contributed by atoms with Crippen molar-refractivity contribution in [3.8, 4) is 5.75 Å². The highest BCUT2D eigenvalue weighted by Gasteiger charge is 2.14. The average molecular weight is 307 g/mol. The van der Waals surface area contributed by atoms with Crippen molar-refractivity contribution in [2.24, 2.45) is 5.14 Å². The van der Waals surface area contributed by atoms with Gasteiger partial charge < -0.3 is 10.1 Å². The fraction of sp³-hybridized carbons (Fsp3) is 0.0769. The van der Waals surface area contributed by atoms with Crippen LogP contribution < -0.4 is 15.2 Å². The minimum absolute atomic E-state index is 0.121. The van der Waals surface area contributed by atoms with E-state index in [9.17, 15) is 13.2 Å². The topological polar surface area (TPSA) is 111 Å². The molecule has 2 aromatic rings. The van der Waals surface area contributed by atoms with E-state index in [-0.39, 0.29) is 10.6 Å². The number of rotatable bonds is 4. The van der Waals surface area contributed by atoms with E-state index in [1.54, 1.807) is 18.3 Å². The number of amides is 1. The van der Waals surface area contributed by atoms with Gasteiger partial charge >= 0.3 is 0 Å². The third-order valence-corrected chi connectivity index (χ3v) is 3.58. The first-order chi connectivity index (χ1) is 9.91. The molecule has 0 radical (unpaired) electrons. The van der Waals surface area contributed by atoms with Crippen molar-refractivity contribution >= 4 is 21.6 Å². The summed E-state index contributed by atoms with van der Waals surface area (Å²) >= 11 is 0. The van der Waals surface area contributed by atoms with E-state index in [2.05, 4.69) is 10.3 Å². The van der Waals surface area contributed by atoms with Crippen LogP contribution in [-0.2, 0) is 10.0 Å². The second-order valence-corrected chi connectivity index (χ2v) is 5.66. The molecular weight excluding hydrogens is 294 g/mol. The standard InChI is InChI=1S/C13H13N3O4S/c1-20-12-5-4-10(21(14,18)19)7-11(12)16-13(17)9-3-2-6-15-8-9/h2-8H,1H3,(H,16,17)(H2,14,18,19). The summed E-state index contributed by atoms with van der Waals surface area (Å²) in [6.07, 6.45) is 2.93. The molecular formula is C13H13N3O4S. The van der Waals surface area contributed by atoms with Gasteiger partial charge in [-0.05, 0) is 30.3 Å². The quantitative estimate of drug-likeness (QED) is 0.875. The lowest BCUT2D eigenvalue weighted by atomic mass is 10.2. The molecule has 1 amide bonds. The van der Waals surface area contributed by atoms with Crippen LogP contribution in [0.1, 0.15) is 10.4 Å². The van der Waals surface area contributed by atoms with E-state index in [1.165, 1.54) is 31.5 Å². The Morgan fingerprint density at radius 1 is 1.33 bits per heavy atom. The van der Waals surface area contributed by atoms with E-state index >= 15 is 0 Å². The Kier molecular flexibility index (Phi) is 4.20. The van der Waals surface area contributed by atoms with Crippen molar-refractivity contribution in [1.82, 2.24) is 4.98 Å². The molecule has 1 heterocycles. The zero-order valence-corrected chi connectivity index (χ0v) is 11.9. The molecule has 0 spiro atoms. The monoisotopic (exact) mass is 307 g/mol. The molecule has 110 valence electrons. The molecule has 3 N–H and O–H groups in total. The Morgan fingerprint density at radius 3 is 2.67 bits per heavy atom. The lowest BCUT2D eigenvalue weighted by Gasteiger charge is -2.11. The first kappa shape index (κ1) is 14.9. The number of nitrogens with two attached hydrogens (primary N) is 1. The molecule has 0 aliphatic rings. The van der Waals surface area contributed by atoms with Gasteiger partial charge in [-0.25, -0.2) is 13.6 Å². The van der Waals surface area contributed by atoms with Crippen molar-refractivity contribution in [3.05, 3.63) is 48.3 Å². The molecule has 7 nitrogen and oxygen atoms in total. The zero-order valence-electron chi connectivity index (χ0n) is 11.1. The van der Waals surface area contributed by atoms with Crippen LogP contribution in [0.4, 0.5) is 5.69 Å². The van der Waals surface area contributed by atoms with Gasteiger partial charge in [-0.1, -0.05) is 0 Å². The maximum absolute atomic E-state index is 12.1. The maximum atomic E-state index is 12.1. The number of ether oxygens (including phenoxy) is 1. The average Bonchev–Trinajstić information content (AvgIpc) is 2.47. The number of carbonyl (C=O) groups excluding carboxylic acids is 1. The molecule has 0 aliphatic heterocycles. The zero-order chi connectivity index (χ0) is 15.5. The number of benzene rings is 1. The second-order valence-electron chi connectivity index (χ2n) is 4.10. The SMILES string of the molecule is COc1ccc(S(N)(=O)=O)cc1NC(=O)c1cccnc1. The van der Waals surface area contributed by atoms with Crippen molar-refractivity contribution < 1.29 is 17.9 Å². The molecule has 0 aliphatic carbocycles. The molecule has 21 heavy (non-hydrogen) atoms. The molecule has 1 aromatic carbocycles. The minimum Gasteiger partial charge on any atom is -0.495 e. The Labute approximate surface area is 121 Å². The number of nitrogens with zero attached hydrogens (tertiary/aromatic N) is 1. The summed E-state index contributed by atoms with van der Waals surface area (Å²) < 4.78 is 27.8. The first-order valence-electron chi connectivity index (χ1n) is 5.84. The van der Waals surface area contributed by atoms with Gasteiger partial charge in [0, 0.05) is 12.4 Å². The Hall–Kier alpha value is -2.45. The van der Waals surface area contributed by atoms with Crippen molar-refractivity contribution in [2.75, 3.05) is 12.4 Å². The van der Waals surface area contributed by atoms with Gasteiger partial charge in [0.05, 0.1) is 23.3 Å². The summed E-state index contributed by atoms with van der Waals surface area (Å²) in [6, 6.07) is 7.15. The van der Waals surface area contributed by atoms with Gasteiger partial charge in [0.15, 0.2) is 0 Å². The summed E-state index contributed by atoms with van der Waals surface area (Å²) in [5.74, 6) is -0.118. The van der Waals surface area contributed by atoms with Gasteiger partial charge in [-0.2, -0.15) is 0 Å². The van der Waals surface area contributed by atoms with E-state index in [1.807, 2.05) is 0 Å². The molecule has 0 bridgehead atoms. The van der Waals surface area contributed by atoms with Crippen LogP contribution in [0.2, 0.25) is 0 Å². The molecule has 0 saturated heterocycles. The molecule has 0 saturated carbocycles. The summed E-state index contributed by atoms with van der Waals surface area (Å²) in [6.45, 7) is 0. The lowest BCUT2D eigenvalue weighted by Crippen LogP contribution is -2.15. The van der Waals surface area contributed by atoms with Crippen LogP contribution in [0.15, 0.2) is 47.6 Å². The van der Waals surface area contributed by atoms with Crippen LogP contribution in [0.3, 0.4) is 0 Å². The number of sulfonamides is 1. The fourth-order valence-electron chi connectivity index (χ4n) is 1.65. The number of primary sulfonamides is 1. The Bertz CT molecular complexity index is 760. The van der Waals surface area contributed by atoms with Crippen LogP contribution in [0.25, 0.3) is 0 Å². The second kappa shape index (κ2) is 5.90. The number of aromatic nitrogens is 1.